The number of hydrogen-bond donors (Lipinski definition) is 2. The maximum absolute atomic E-state index is 12.0. The Bertz CT molecular complexity index is 607. The summed E-state index contributed by atoms with van der Waals surface area (Å²) in [5.41, 5.74) is 1.09. The van der Waals surface area contributed by atoms with E-state index in [2.05, 4.69) is 15.3 Å². The van der Waals surface area contributed by atoms with Crippen molar-refractivity contribution in [1.29, 1.82) is 0 Å². The Morgan fingerprint density at radius 1 is 1.44 bits per heavy atom. The number of pyridine rings is 2. The Hall–Kier alpha value is -1.66. The van der Waals surface area contributed by atoms with Crippen molar-refractivity contribution in [1.82, 2.24) is 9.97 Å². The van der Waals surface area contributed by atoms with Gasteiger partial charge < -0.3 is 10.3 Å². The molecule has 0 saturated heterocycles. The largest absolute Gasteiger partial charge is 0.352 e. The standard InChI is InChI=1S/C12H11N3OS2/c1-18-10-5-4-8(7-14-10)15-11(16)9-3-2-6-13-12(9)17/h2-7H,1H3,(H,13,17)(H,15,16). The summed E-state index contributed by atoms with van der Waals surface area (Å²) in [5, 5.41) is 3.66. The van der Waals surface area contributed by atoms with Gasteiger partial charge in [-0.25, -0.2) is 4.98 Å². The minimum Gasteiger partial charge on any atom is -0.352 e. The van der Waals surface area contributed by atoms with E-state index in [9.17, 15) is 4.79 Å². The maximum atomic E-state index is 12.0. The number of carbonyl (C=O) groups is 1. The number of H-pyrrole nitrogens is 1. The van der Waals surface area contributed by atoms with E-state index in [1.165, 1.54) is 0 Å². The van der Waals surface area contributed by atoms with E-state index in [0.717, 1.165) is 5.03 Å². The van der Waals surface area contributed by atoms with Crippen molar-refractivity contribution in [2.45, 2.75) is 5.03 Å². The molecule has 0 aliphatic heterocycles. The lowest BCUT2D eigenvalue weighted by molar-refractivity contribution is 0.102. The van der Waals surface area contributed by atoms with Crippen LogP contribution in [-0.2, 0) is 0 Å². The van der Waals surface area contributed by atoms with Crippen LogP contribution in [0.2, 0.25) is 0 Å². The number of rotatable bonds is 3. The van der Waals surface area contributed by atoms with Crippen LogP contribution in [0.1, 0.15) is 10.4 Å². The smallest absolute Gasteiger partial charge is 0.258 e. The molecule has 0 aliphatic rings. The lowest BCUT2D eigenvalue weighted by Crippen LogP contribution is -2.12. The molecule has 0 atom stereocenters. The zero-order chi connectivity index (χ0) is 13.0. The Kier molecular flexibility index (Phi) is 4.11. The third-order valence-electron chi connectivity index (χ3n) is 2.27. The Morgan fingerprint density at radius 2 is 2.28 bits per heavy atom. The van der Waals surface area contributed by atoms with Crippen molar-refractivity contribution in [3.63, 3.8) is 0 Å². The van der Waals surface area contributed by atoms with Gasteiger partial charge in [0.2, 0.25) is 0 Å². The number of aromatic amines is 1. The number of amides is 1. The lowest BCUT2D eigenvalue weighted by Gasteiger charge is -2.05. The van der Waals surface area contributed by atoms with Gasteiger partial charge in [-0.3, -0.25) is 4.79 Å². The molecule has 2 N–H and O–H groups in total. The molecule has 6 heteroatoms. The third-order valence-corrected chi connectivity index (χ3v) is 3.26. The molecule has 0 spiro atoms. The highest BCUT2D eigenvalue weighted by atomic mass is 32.2. The highest BCUT2D eigenvalue weighted by Crippen LogP contribution is 2.14. The van der Waals surface area contributed by atoms with Gasteiger partial charge in [-0.05, 0) is 30.5 Å². The summed E-state index contributed by atoms with van der Waals surface area (Å²) in [6.45, 7) is 0. The quantitative estimate of drug-likeness (QED) is 0.668. The third kappa shape index (κ3) is 2.96. The van der Waals surface area contributed by atoms with Gasteiger partial charge in [0.05, 0.1) is 22.5 Å². The maximum Gasteiger partial charge on any atom is 0.258 e. The van der Waals surface area contributed by atoms with Gasteiger partial charge in [-0.2, -0.15) is 0 Å². The molecule has 0 unspecified atom stereocenters. The van der Waals surface area contributed by atoms with Gasteiger partial charge in [0.25, 0.3) is 5.91 Å². The second-order valence-electron chi connectivity index (χ2n) is 3.46. The number of nitrogens with zero attached hydrogens (tertiary/aromatic N) is 1. The highest BCUT2D eigenvalue weighted by molar-refractivity contribution is 7.98. The molecule has 2 heterocycles. The predicted octanol–water partition coefficient (Wildman–Crippen LogP) is 3.11. The number of hydrogen-bond acceptors (Lipinski definition) is 4. The van der Waals surface area contributed by atoms with Crippen molar-refractivity contribution >= 4 is 35.6 Å². The number of nitrogens with one attached hydrogen (secondary N) is 2. The van der Waals surface area contributed by atoms with Crippen LogP contribution in [0.15, 0.2) is 41.7 Å². The van der Waals surface area contributed by atoms with Gasteiger partial charge >= 0.3 is 0 Å². The van der Waals surface area contributed by atoms with E-state index in [-0.39, 0.29) is 5.91 Å². The fourth-order valence-electron chi connectivity index (χ4n) is 1.37. The van der Waals surface area contributed by atoms with Crippen LogP contribution in [0.5, 0.6) is 0 Å². The van der Waals surface area contributed by atoms with Crippen LogP contribution < -0.4 is 5.32 Å². The molecule has 0 radical (unpaired) electrons. The van der Waals surface area contributed by atoms with Crippen molar-refractivity contribution in [2.24, 2.45) is 0 Å². The molecule has 0 aromatic carbocycles. The zero-order valence-electron chi connectivity index (χ0n) is 9.64. The van der Waals surface area contributed by atoms with Crippen LogP contribution in [0.4, 0.5) is 5.69 Å². The number of carbonyl (C=O) groups excluding carboxylic acids is 1. The molecule has 18 heavy (non-hydrogen) atoms. The summed E-state index contributed by atoms with van der Waals surface area (Å²) >= 11 is 6.60. The first kappa shape index (κ1) is 12.8. The van der Waals surface area contributed by atoms with Gasteiger partial charge in [0.1, 0.15) is 4.64 Å². The fraction of sp³-hybridized carbons (Fsp3) is 0.0833. The zero-order valence-corrected chi connectivity index (χ0v) is 11.3. The monoisotopic (exact) mass is 277 g/mol. The molecular weight excluding hydrogens is 266 g/mol. The molecule has 2 aromatic rings. The lowest BCUT2D eigenvalue weighted by atomic mass is 10.2. The first-order chi connectivity index (χ1) is 8.70. The normalized spacial score (nSPS) is 10.1. The minimum absolute atomic E-state index is 0.240. The average molecular weight is 277 g/mol. The first-order valence-electron chi connectivity index (χ1n) is 5.20. The second kappa shape index (κ2) is 5.79. The van der Waals surface area contributed by atoms with E-state index < -0.39 is 0 Å². The van der Waals surface area contributed by atoms with Crippen LogP contribution in [0.25, 0.3) is 0 Å². The summed E-state index contributed by atoms with van der Waals surface area (Å²) in [5.74, 6) is -0.240. The predicted molar refractivity (Wildman–Crippen MR) is 75.6 cm³/mol. The molecule has 0 aliphatic carbocycles. The summed E-state index contributed by atoms with van der Waals surface area (Å²) in [7, 11) is 0. The summed E-state index contributed by atoms with van der Waals surface area (Å²) < 4.78 is 0.420. The topological polar surface area (TPSA) is 57.8 Å². The van der Waals surface area contributed by atoms with Crippen molar-refractivity contribution in [2.75, 3.05) is 11.6 Å². The molecule has 0 fully saturated rings. The van der Waals surface area contributed by atoms with Crippen LogP contribution in [0, 0.1) is 4.64 Å². The molecular formula is C12H11N3OS2. The number of thioether (sulfide) groups is 1. The van der Waals surface area contributed by atoms with Crippen LogP contribution >= 0.6 is 24.0 Å². The second-order valence-corrected chi connectivity index (χ2v) is 4.69. The minimum atomic E-state index is -0.240. The Balaban J connectivity index is 2.16. The first-order valence-corrected chi connectivity index (χ1v) is 6.83. The SMILES string of the molecule is CSc1ccc(NC(=O)c2ccc[nH]c2=S)cn1. The number of anilines is 1. The molecule has 2 rings (SSSR count). The Morgan fingerprint density at radius 3 is 2.89 bits per heavy atom. The molecule has 92 valence electrons. The number of aromatic nitrogens is 2. The van der Waals surface area contributed by atoms with Gasteiger partial charge in [0, 0.05) is 6.20 Å². The van der Waals surface area contributed by atoms with Crippen LogP contribution in [0.3, 0.4) is 0 Å². The molecule has 0 saturated carbocycles. The van der Waals surface area contributed by atoms with E-state index in [4.69, 9.17) is 12.2 Å². The summed E-state index contributed by atoms with van der Waals surface area (Å²) in [6, 6.07) is 7.08. The molecule has 4 nitrogen and oxygen atoms in total. The van der Waals surface area contributed by atoms with E-state index in [0.29, 0.717) is 15.9 Å². The molecule has 2 aromatic heterocycles. The van der Waals surface area contributed by atoms with Gasteiger partial charge in [-0.1, -0.05) is 12.2 Å². The molecule has 0 bridgehead atoms. The van der Waals surface area contributed by atoms with Gasteiger partial charge in [0.15, 0.2) is 0 Å². The van der Waals surface area contributed by atoms with Crippen molar-refractivity contribution in [3.05, 3.63) is 46.9 Å². The van der Waals surface area contributed by atoms with Crippen molar-refractivity contribution in [3.8, 4) is 0 Å². The van der Waals surface area contributed by atoms with Crippen molar-refractivity contribution < 1.29 is 4.79 Å². The summed E-state index contributed by atoms with van der Waals surface area (Å²) in [4.78, 5) is 19.0. The molecule has 1 amide bonds. The van der Waals surface area contributed by atoms with Gasteiger partial charge in [-0.15, -0.1) is 11.8 Å². The van der Waals surface area contributed by atoms with E-state index in [1.54, 1.807) is 36.3 Å². The Labute approximate surface area is 114 Å². The van der Waals surface area contributed by atoms with E-state index >= 15 is 0 Å². The van der Waals surface area contributed by atoms with Crippen LogP contribution in [-0.4, -0.2) is 22.1 Å². The highest BCUT2D eigenvalue weighted by Gasteiger charge is 2.07. The fourth-order valence-corrected chi connectivity index (χ4v) is 1.96. The summed E-state index contributed by atoms with van der Waals surface area (Å²) in [6.07, 6.45) is 5.26. The van der Waals surface area contributed by atoms with E-state index in [1.807, 2.05) is 18.4 Å². The average Bonchev–Trinajstić information content (AvgIpc) is 2.40.